The van der Waals surface area contributed by atoms with Crippen LogP contribution in [0.5, 0.6) is 0 Å². The molecule has 0 saturated carbocycles. The van der Waals surface area contributed by atoms with Gasteiger partial charge >= 0.3 is 11.9 Å². The van der Waals surface area contributed by atoms with Crippen molar-refractivity contribution in [3.05, 3.63) is 0 Å². The van der Waals surface area contributed by atoms with Gasteiger partial charge in [-0.25, -0.2) is 4.79 Å². The molecule has 9 nitrogen and oxygen atoms in total. The highest BCUT2D eigenvalue weighted by Crippen LogP contribution is 2.08. The van der Waals surface area contributed by atoms with E-state index in [0.717, 1.165) is 13.0 Å². The SMILES string of the molecule is CC(C)C(NC(=O)C1CCCN1)C(=O)NC(CC(=O)O)C(=O)O. The molecule has 1 fully saturated rings. The summed E-state index contributed by atoms with van der Waals surface area (Å²) in [7, 11) is 0. The largest absolute Gasteiger partial charge is 0.481 e. The molecule has 0 spiro atoms. The van der Waals surface area contributed by atoms with Crippen LogP contribution in [0.4, 0.5) is 0 Å². The van der Waals surface area contributed by atoms with Crippen LogP contribution < -0.4 is 16.0 Å². The van der Waals surface area contributed by atoms with Crippen molar-refractivity contribution in [1.29, 1.82) is 0 Å². The van der Waals surface area contributed by atoms with Crippen molar-refractivity contribution >= 4 is 23.8 Å². The van der Waals surface area contributed by atoms with Gasteiger partial charge in [0.15, 0.2) is 0 Å². The van der Waals surface area contributed by atoms with E-state index >= 15 is 0 Å². The van der Waals surface area contributed by atoms with Crippen molar-refractivity contribution < 1.29 is 29.4 Å². The molecule has 23 heavy (non-hydrogen) atoms. The molecule has 130 valence electrons. The average Bonchev–Trinajstić information content (AvgIpc) is 2.96. The number of carboxylic acids is 2. The highest BCUT2D eigenvalue weighted by atomic mass is 16.4. The van der Waals surface area contributed by atoms with Crippen LogP contribution in [0.2, 0.25) is 0 Å². The Kier molecular flexibility index (Phi) is 6.95. The highest BCUT2D eigenvalue weighted by Gasteiger charge is 2.32. The number of carbonyl (C=O) groups excluding carboxylic acids is 2. The zero-order chi connectivity index (χ0) is 17.6. The van der Waals surface area contributed by atoms with Gasteiger partial charge in [-0.05, 0) is 25.3 Å². The Labute approximate surface area is 133 Å². The van der Waals surface area contributed by atoms with E-state index < -0.39 is 36.4 Å². The molecule has 2 amide bonds. The van der Waals surface area contributed by atoms with Gasteiger partial charge in [-0.3, -0.25) is 14.4 Å². The van der Waals surface area contributed by atoms with Gasteiger partial charge in [-0.2, -0.15) is 0 Å². The summed E-state index contributed by atoms with van der Waals surface area (Å²) in [6, 6.07) is -2.83. The van der Waals surface area contributed by atoms with Crippen LogP contribution in [-0.2, 0) is 19.2 Å². The van der Waals surface area contributed by atoms with E-state index in [2.05, 4.69) is 16.0 Å². The molecule has 1 saturated heterocycles. The van der Waals surface area contributed by atoms with Crippen molar-refractivity contribution in [1.82, 2.24) is 16.0 Å². The Bertz CT molecular complexity index is 473. The van der Waals surface area contributed by atoms with Crippen LogP contribution in [0, 0.1) is 5.92 Å². The first kappa shape index (κ1) is 18.9. The van der Waals surface area contributed by atoms with Gasteiger partial charge in [0.05, 0.1) is 12.5 Å². The maximum Gasteiger partial charge on any atom is 0.326 e. The second-order valence-corrected chi connectivity index (χ2v) is 5.88. The van der Waals surface area contributed by atoms with E-state index in [0.29, 0.717) is 6.42 Å². The number of aliphatic carboxylic acids is 2. The predicted molar refractivity (Wildman–Crippen MR) is 79.6 cm³/mol. The van der Waals surface area contributed by atoms with Gasteiger partial charge in [-0.15, -0.1) is 0 Å². The summed E-state index contributed by atoms with van der Waals surface area (Å²) in [5, 5.41) is 25.4. The van der Waals surface area contributed by atoms with E-state index in [1.807, 2.05) is 0 Å². The first-order chi connectivity index (χ1) is 10.7. The molecule has 0 aromatic heterocycles. The first-order valence-corrected chi connectivity index (χ1v) is 7.51. The van der Waals surface area contributed by atoms with Crippen LogP contribution in [0.15, 0.2) is 0 Å². The Balaban J connectivity index is 2.71. The van der Waals surface area contributed by atoms with Crippen LogP contribution >= 0.6 is 0 Å². The lowest BCUT2D eigenvalue weighted by Crippen LogP contribution is -2.56. The molecule has 3 atom stereocenters. The second-order valence-electron chi connectivity index (χ2n) is 5.88. The minimum Gasteiger partial charge on any atom is -0.481 e. The molecule has 1 heterocycles. The molecule has 1 aliphatic rings. The number of carboxylic acid groups (broad SMARTS) is 2. The van der Waals surface area contributed by atoms with Crippen molar-refractivity contribution in [2.45, 2.75) is 51.2 Å². The summed E-state index contributed by atoms with van der Waals surface area (Å²) < 4.78 is 0. The lowest BCUT2D eigenvalue weighted by molar-refractivity contribution is -0.147. The normalized spacial score (nSPS) is 19.9. The summed E-state index contributed by atoms with van der Waals surface area (Å²) >= 11 is 0. The van der Waals surface area contributed by atoms with Gasteiger partial charge in [0.1, 0.15) is 12.1 Å². The quantitative estimate of drug-likeness (QED) is 0.381. The van der Waals surface area contributed by atoms with Crippen LogP contribution in [0.3, 0.4) is 0 Å². The van der Waals surface area contributed by atoms with E-state index in [1.165, 1.54) is 0 Å². The molecule has 0 radical (unpaired) electrons. The van der Waals surface area contributed by atoms with E-state index in [4.69, 9.17) is 10.2 Å². The Morgan fingerprint density at radius 2 is 1.83 bits per heavy atom. The monoisotopic (exact) mass is 329 g/mol. The fraction of sp³-hybridized carbons (Fsp3) is 0.714. The molecular weight excluding hydrogens is 306 g/mol. The lowest BCUT2D eigenvalue weighted by Gasteiger charge is -2.25. The minimum atomic E-state index is -1.54. The summed E-state index contributed by atoms with van der Waals surface area (Å²) in [5.41, 5.74) is 0. The Morgan fingerprint density at radius 3 is 2.26 bits per heavy atom. The molecule has 0 aromatic rings. The second kappa shape index (κ2) is 8.47. The van der Waals surface area contributed by atoms with Gasteiger partial charge in [-0.1, -0.05) is 13.8 Å². The fourth-order valence-corrected chi connectivity index (χ4v) is 2.33. The number of rotatable bonds is 8. The van der Waals surface area contributed by atoms with Crippen LogP contribution in [-0.4, -0.2) is 58.6 Å². The van der Waals surface area contributed by atoms with Crippen LogP contribution in [0.25, 0.3) is 0 Å². The van der Waals surface area contributed by atoms with E-state index in [-0.39, 0.29) is 17.9 Å². The zero-order valence-electron chi connectivity index (χ0n) is 13.2. The van der Waals surface area contributed by atoms with Crippen molar-refractivity contribution in [3.63, 3.8) is 0 Å². The average molecular weight is 329 g/mol. The number of hydrogen-bond acceptors (Lipinski definition) is 5. The maximum absolute atomic E-state index is 12.2. The molecule has 1 aliphatic heterocycles. The molecule has 3 unspecified atom stereocenters. The first-order valence-electron chi connectivity index (χ1n) is 7.51. The standard InChI is InChI=1S/C14H23N3O6/c1-7(2)11(17-12(20)8-4-3-5-15-8)13(21)16-9(14(22)23)6-10(18)19/h7-9,11,15H,3-6H2,1-2H3,(H,16,21)(H,17,20)(H,18,19)(H,22,23). The Morgan fingerprint density at radius 1 is 1.17 bits per heavy atom. The molecular formula is C14H23N3O6. The minimum absolute atomic E-state index is 0.278. The van der Waals surface area contributed by atoms with Crippen LogP contribution in [0.1, 0.15) is 33.1 Å². The summed E-state index contributed by atoms with van der Waals surface area (Å²) in [6.07, 6.45) is 0.815. The van der Waals surface area contributed by atoms with Crippen molar-refractivity contribution in [2.75, 3.05) is 6.54 Å². The molecule has 0 aromatic carbocycles. The topological polar surface area (TPSA) is 145 Å². The third kappa shape index (κ3) is 5.85. The fourth-order valence-electron chi connectivity index (χ4n) is 2.33. The van der Waals surface area contributed by atoms with Gasteiger partial charge in [0.2, 0.25) is 11.8 Å². The number of nitrogens with one attached hydrogen (secondary N) is 3. The molecule has 0 bridgehead atoms. The molecule has 5 N–H and O–H groups in total. The van der Waals surface area contributed by atoms with Crippen molar-refractivity contribution in [2.24, 2.45) is 5.92 Å². The summed E-state index contributed by atoms with van der Waals surface area (Å²) in [5.74, 6) is -4.08. The lowest BCUT2D eigenvalue weighted by atomic mass is 10.0. The van der Waals surface area contributed by atoms with E-state index in [9.17, 15) is 19.2 Å². The van der Waals surface area contributed by atoms with Gasteiger partial charge < -0.3 is 26.2 Å². The van der Waals surface area contributed by atoms with E-state index in [1.54, 1.807) is 13.8 Å². The van der Waals surface area contributed by atoms with Gasteiger partial charge in [0, 0.05) is 0 Å². The van der Waals surface area contributed by atoms with Crippen molar-refractivity contribution in [3.8, 4) is 0 Å². The molecule has 9 heteroatoms. The highest BCUT2D eigenvalue weighted by molar-refractivity contribution is 5.93. The third-order valence-corrected chi connectivity index (χ3v) is 3.62. The van der Waals surface area contributed by atoms with Gasteiger partial charge in [0.25, 0.3) is 0 Å². The summed E-state index contributed by atoms with van der Waals surface area (Å²) in [6.45, 7) is 4.15. The molecule has 0 aliphatic carbocycles. The number of carbonyl (C=O) groups is 4. The maximum atomic E-state index is 12.2. The zero-order valence-corrected chi connectivity index (χ0v) is 13.2. The predicted octanol–water partition coefficient (Wildman–Crippen LogP) is -1.08. The smallest absolute Gasteiger partial charge is 0.326 e. The third-order valence-electron chi connectivity index (χ3n) is 3.62. The molecule has 1 rings (SSSR count). The Hall–Kier alpha value is -2.16. The number of amides is 2. The number of hydrogen-bond donors (Lipinski definition) is 5. The summed E-state index contributed by atoms with van der Waals surface area (Å²) in [4.78, 5) is 46.0.